The summed E-state index contributed by atoms with van der Waals surface area (Å²) in [5, 5.41) is 4.12. The summed E-state index contributed by atoms with van der Waals surface area (Å²) < 4.78 is 10.1. The summed E-state index contributed by atoms with van der Waals surface area (Å²) in [6.07, 6.45) is -0.198. The molecule has 0 saturated carbocycles. The van der Waals surface area contributed by atoms with Gasteiger partial charge in [-0.15, -0.1) is 0 Å². The molecule has 0 fully saturated rings. The van der Waals surface area contributed by atoms with Crippen molar-refractivity contribution in [2.75, 3.05) is 13.2 Å². The van der Waals surface area contributed by atoms with Gasteiger partial charge in [0.15, 0.2) is 0 Å². The fourth-order valence-electron chi connectivity index (χ4n) is 1.33. The SMILES string of the molecule is CCCOc1ccc(C(=O)OOOC(=O)OCC(C)(C)C)cc1. The van der Waals surface area contributed by atoms with Gasteiger partial charge in [0.2, 0.25) is 0 Å². The standard InChI is InChI=1S/C16H22O7/c1-5-10-19-13-8-6-12(7-9-13)14(17)21-23-22-15(18)20-11-16(2,3)4/h6-9H,5,10-11H2,1-4H3. The summed E-state index contributed by atoms with van der Waals surface area (Å²) in [4.78, 5) is 31.4. The quantitative estimate of drug-likeness (QED) is 0.429. The van der Waals surface area contributed by atoms with E-state index in [4.69, 9.17) is 9.47 Å². The molecule has 0 aliphatic carbocycles. The molecule has 0 atom stereocenters. The minimum absolute atomic E-state index is 0.141. The molecular formula is C16H22O7. The highest BCUT2D eigenvalue weighted by Gasteiger charge is 2.16. The van der Waals surface area contributed by atoms with Crippen molar-refractivity contribution >= 4 is 12.1 Å². The van der Waals surface area contributed by atoms with Gasteiger partial charge in [0.1, 0.15) is 5.75 Å². The van der Waals surface area contributed by atoms with Crippen molar-refractivity contribution in [3.8, 4) is 5.75 Å². The van der Waals surface area contributed by atoms with E-state index in [0.717, 1.165) is 6.42 Å². The third-order valence-corrected chi connectivity index (χ3v) is 2.40. The van der Waals surface area contributed by atoms with E-state index in [1.165, 1.54) is 12.1 Å². The minimum atomic E-state index is -1.09. The lowest BCUT2D eigenvalue weighted by atomic mass is 9.99. The van der Waals surface area contributed by atoms with E-state index >= 15 is 0 Å². The first kappa shape index (κ1) is 18.8. The van der Waals surface area contributed by atoms with Gasteiger partial charge in [-0.05, 0) is 36.1 Å². The van der Waals surface area contributed by atoms with E-state index in [1.54, 1.807) is 12.1 Å². The second-order valence-corrected chi connectivity index (χ2v) is 5.99. The fourth-order valence-corrected chi connectivity index (χ4v) is 1.33. The monoisotopic (exact) mass is 326 g/mol. The predicted octanol–water partition coefficient (Wildman–Crippen LogP) is 3.68. The summed E-state index contributed by atoms with van der Waals surface area (Å²) >= 11 is 0. The highest BCUT2D eigenvalue weighted by molar-refractivity contribution is 5.89. The summed E-state index contributed by atoms with van der Waals surface area (Å²) in [6, 6.07) is 6.28. The molecule has 0 spiro atoms. The summed E-state index contributed by atoms with van der Waals surface area (Å²) in [7, 11) is 0. The van der Waals surface area contributed by atoms with Gasteiger partial charge >= 0.3 is 12.1 Å². The van der Waals surface area contributed by atoms with Gasteiger partial charge < -0.3 is 9.47 Å². The Hall–Kier alpha value is -2.28. The topological polar surface area (TPSA) is 80.3 Å². The zero-order chi connectivity index (χ0) is 17.3. The van der Waals surface area contributed by atoms with Crippen LogP contribution < -0.4 is 4.74 Å². The van der Waals surface area contributed by atoms with Gasteiger partial charge in [-0.1, -0.05) is 27.7 Å². The van der Waals surface area contributed by atoms with Crippen LogP contribution in [-0.2, 0) is 19.6 Å². The number of hydrogen-bond donors (Lipinski definition) is 0. The average molecular weight is 326 g/mol. The van der Waals surface area contributed by atoms with Crippen LogP contribution in [-0.4, -0.2) is 25.3 Å². The van der Waals surface area contributed by atoms with Crippen molar-refractivity contribution in [1.82, 2.24) is 0 Å². The predicted molar refractivity (Wildman–Crippen MR) is 80.6 cm³/mol. The average Bonchev–Trinajstić information content (AvgIpc) is 2.50. The van der Waals surface area contributed by atoms with Crippen molar-refractivity contribution in [2.45, 2.75) is 34.1 Å². The molecule has 7 heteroatoms. The van der Waals surface area contributed by atoms with Crippen LogP contribution in [0.3, 0.4) is 0 Å². The lowest BCUT2D eigenvalue weighted by Gasteiger charge is -2.16. The molecule has 0 aliphatic rings. The molecule has 128 valence electrons. The zero-order valence-electron chi connectivity index (χ0n) is 13.8. The Morgan fingerprint density at radius 2 is 1.70 bits per heavy atom. The van der Waals surface area contributed by atoms with Gasteiger partial charge in [0, 0.05) is 0 Å². The summed E-state index contributed by atoms with van der Waals surface area (Å²) in [5.41, 5.74) is 0.0117. The molecule has 7 nitrogen and oxygen atoms in total. The number of ether oxygens (including phenoxy) is 2. The van der Waals surface area contributed by atoms with Gasteiger partial charge in [-0.2, -0.15) is 0 Å². The molecule has 0 saturated heterocycles. The van der Waals surface area contributed by atoms with Crippen LogP contribution >= 0.6 is 0 Å². The third-order valence-electron chi connectivity index (χ3n) is 2.40. The first-order valence-electron chi connectivity index (χ1n) is 7.27. The Labute approximate surface area is 135 Å². The van der Waals surface area contributed by atoms with E-state index < -0.39 is 12.1 Å². The Kier molecular flexibility index (Phi) is 7.34. The van der Waals surface area contributed by atoms with Crippen molar-refractivity contribution in [3.63, 3.8) is 0 Å². The number of benzene rings is 1. The van der Waals surface area contributed by atoms with E-state index in [-0.39, 0.29) is 17.6 Å². The van der Waals surface area contributed by atoms with Crippen LogP contribution in [0.15, 0.2) is 24.3 Å². The van der Waals surface area contributed by atoms with E-state index in [1.807, 2.05) is 27.7 Å². The first-order chi connectivity index (χ1) is 10.8. The molecule has 0 heterocycles. The number of carbonyl (C=O) groups is 2. The smallest absolute Gasteiger partial charge is 0.494 e. The van der Waals surface area contributed by atoms with Gasteiger partial charge in [0.05, 0.1) is 23.8 Å². The molecule has 1 aromatic rings. The molecule has 0 amide bonds. The second-order valence-electron chi connectivity index (χ2n) is 5.99. The fraction of sp³-hybridized carbons (Fsp3) is 0.500. The van der Waals surface area contributed by atoms with E-state index in [2.05, 4.69) is 14.8 Å². The molecule has 0 N–H and O–H groups in total. The summed E-state index contributed by atoms with van der Waals surface area (Å²) in [5.74, 6) is -0.165. The zero-order valence-corrected chi connectivity index (χ0v) is 13.8. The second kappa shape index (κ2) is 8.99. The maximum Gasteiger partial charge on any atom is 0.543 e. The molecule has 1 aromatic carbocycles. The van der Waals surface area contributed by atoms with Crippen LogP contribution in [0.2, 0.25) is 0 Å². The summed E-state index contributed by atoms with van der Waals surface area (Å²) in [6.45, 7) is 8.38. The first-order valence-corrected chi connectivity index (χ1v) is 7.27. The minimum Gasteiger partial charge on any atom is -0.494 e. The van der Waals surface area contributed by atoms with Crippen LogP contribution in [0.25, 0.3) is 0 Å². The molecule has 23 heavy (non-hydrogen) atoms. The Balaban J connectivity index is 2.32. The van der Waals surface area contributed by atoms with Crippen molar-refractivity contribution in [3.05, 3.63) is 29.8 Å². The van der Waals surface area contributed by atoms with Crippen LogP contribution in [0.4, 0.5) is 4.79 Å². The van der Waals surface area contributed by atoms with E-state index in [9.17, 15) is 9.59 Å². The van der Waals surface area contributed by atoms with Crippen molar-refractivity contribution in [2.24, 2.45) is 5.41 Å². The third kappa shape index (κ3) is 8.06. The molecule has 0 aromatic heterocycles. The molecular weight excluding hydrogens is 304 g/mol. The van der Waals surface area contributed by atoms with Gasteiger partial charge in [0.25, 0.3) is 0 Å². The largest absolute Gasteiger partial charge is 0.543 e. The number of hydrogen-bond acceptors (Lipinski definition) is 7. The number of carbonyl (C=O) groups excluding carboxylic acids is 2. The molecule has 1 rings (SSSR count). The molecule has 0 unspecified atom stereocenters. The number of rotatable bonds is 7. The maximum atomic E-state index is 11.6. The highest BCUT2D eigenvalue weighted by Crippen LogP contribution is 2.14. The highest BCUT2D eigenvalue weighted by atomic mass is 17.5. The van der Waals surface area contributed by atoms with E-state index in [0.29, 0.717) is 12.4 Å². The lowest BCUT2D eigenvalue weighted by Crippen LogP contribution is -2.19. The maximum absolute atomic E-state index is 11.6. The lowest BCUT2D eigenvalue weighted by molar-refractivity contribution is -0.452. The van der Waals surface area contributed by atoms with Crippen LogP contribution in [0, 0.1) is 5.41 Å². The Bertz CT molecular complexity index is 502. The molecule has 0 aliphatic heterocycles. The van der Waals surface area contributed by atoms with Crippen molar-refractivity contribution < 1.29 is 33.9 Å². The van der Waals surface area contributed by atoms with Crippen molar-refractivity contribution in [1.29, 1.82) is 0 Å². The molecule has 0 radical (unpaired) electrons. The van der Waals surface area contributed by atoms with Gasteiger partial charge in [-0.25, -0.2) is 14.5 Å². The van der Waals surface area contributed by atoms with Crippen LogP contribution in [0.1, 0.15) is 44.5 Å². The molecule has 0 bridgehead atoms. The van der Waals surface area contributed by atoms with Gasteiger partial charge in [-0.3, -0.25) is 4.89 Å². The van der Waals surface area contributed by atoms with Crippen LogP contribution in [0.5, 0.6) is 5.75 Å². The Morgan fingerprint density at radius 1 is 1.04 bits per heavy atom. The Morgan fingerprint density at radius 3 is 2.26 bits per heavy atom. The normalized spacial score (nSPS) is 10.8.